The summed E-state index contributed by atoms with van der Waals surface area (Å²) >= 11 is 0. The lowest BCUT2D eigenvalue weighted by molar-refractivity contribution is -0.137. The van der Waals surface area contributed by atoms with E-state index in [0.717, 1.165) is 48.9 Å². The maximum Gasteiger partial charge on any atom is 0.416 e. The Hall–Kier alpha value is -3.46. The van der Waals surface area contributed by atoms with Crippen molar-refractivity contribution < 1.29 is 31.9 Å². The van der Waals surface area contributed by atoms with Crippen LogP contribution >= 0.6 is 0 Å². The molecule has 0 N–H and O–H groups in total. The molecule has 0 unspecified atom stereocenters. The van der Waals surface area contributed by atoms with Crippen LogP contribution in [-0.4, -0.2) is 49.6 Å². The standard InChI is InChI=1S/C31H37F3N2O4/c1-35(18-17-22-11-15-27(38-2)29(19-22)39-3)30(37)28-16-14-26(40-28)21-36(25-7-5-4-6-8-25)20-23-9-12-24(13-10-23)31(32,33)34/h9-16,19,25H,4-8,17-18,20-21H2,1-3H3. The molecule has 216 valence electrons. The second kappa shape index (κ2) is 13.3. The Labute approximate surface area is 233 Å². The van der Waals surface area contributed by atoms with Gasteiger partial charge in [0.25, 0.3) is 5.91 Å². The van der Waals surface area contributed by atoms with Gasteiger partial charge in [-0.3, -0.25) is 9.69 Å². The lowest BCUT2D eigenvalue weighted by atomic mass is 9.93. The van der Waals surface area contributed by atoms with Gasteiger partial charge in [-0.15, -0.1) is 0 Å². The molecule has 3 aromatic rings. The van der Waals surface area contributed by atoms with Gasteiger partial charge in [-0.1, -0.05) is 37.5 Å². The first-order valence-electron chi connectivity index (χ1n) is 13.6. The van der Waals surface area contributed by atoms with Crippen LogP contribution in [0.3, 0.4) is 0 Å². The predicted molar refractivity (Wildman–Crippen MR) is 146 cm³/mol. The molecule has 0 bridgehead atoms. The van der Waals surface area contributed by atoms with E-state index in [1.54, 1.807) is 44.4 Å². The minimum atomic E-state index is -4.35. The van der Waals surface area contributed by atoms with Crippen LogP contribution in [0.25, 0.3) is 0 Å². The number of methoxy groups -OCH3 is 2. The molecule has 9 heteroatoms. The second-order valence-corrected chi connectivity index (χ2v) is 10.3. The molecule has 0 atom stereocenters. The van der Waals surface area contributed by atoms with Gasteiger partial charge in [-0.05, 0) is 66.8 Å². The zero-order valence-corrected chi connectivity index (χ0v) is 23.3. The number of furan rings is 1. The van der Waals surface area contributed by atoms with Gasteiger partial charge in [-0.25, -0.2) is 0 Å². The number of nitrogens with zero attached hydrogens (tertiary/aromatic N) is 2. The van der Waals surface area contributed by atoms with Crippen LogP contribution in [0.4, 0.5) is 13.2 Å². The molecule has 40 heavy (non-hydrogen) atoms. The number of likely N-dealkylation sites (N-methyl/N-ethyl adjacent to an activating group) is 1. The summed E-state index contributed by atoms with van der Waals surface area (Å²) in [7, 11) is 4.92. The number of hydrogen-bond acceptors (Lipinski definition) is 5. The van der Waals surface area contributed by atoms with E-state index in [2.05, 4.69) is 4.90 Å². The molecule has 1 saturated carbocycles. The minimum absolute atomic E-state index is 0.210. The van der Waals surface area contributed by atoms with Crippen LogP contribution in [0.15, 0.2) is 59.0 Å². The minimum Gasteiger partial charge on any atom is -0.493 e. The van der Waals surface area contributed by atoms with Crippen molar-refractivity contribution in [3.63, 3.8) is 0 Å². The average Bonchev–Trinajstić information content (AvgIpc) is 3.43. The third-order valence-corrected chi connectivity index (χ3v) is 7.52. The van der Waals surface area contributed by atoms with Gasteiger partial charge in [-0.2, -0.15) is 13.2 Å². The van der Waals surface area contributed by atoms with Gasteiger partial charge < -0.3 is 18.8 Å². The van der Waals surface area contributed by atoms with Crippen LogP contribution in [-0.2, 0) is 25.7 Å². The molecule has 0 aliphatic heterocycles. The number of amides is 1. The van der Waals surface area contributed by atoms with E-state index in [0.29, 0.717) is 49.4 Å². The third kappa shape index (κ3) is 7.59. The Kier molecular flexibility index (Phi) is 9.79. The van der Waals surface area contributed by atoms with Crippen molar-refractivity contribution in [2.24, 2.45) is 0 Å². The first kappa shape index (κ1) is 29.5. The van der Waals surface area contributed by atoms with E-state index in [-0.39, 0.29) is 11.7 Å². The molecule has 1 heterocycles. The van der Waals surface area contributed by atoms with Gasteiger partial charge in [0.1, 0.15) is 5.76 Å². The van der Waals surface area contributed by atoms with Crippen molar-refractivity contribution >= 4 is 5.91 Å². The fourth-order valence-electron chi connectivity index (χ4n) is 5.19. The van der Waals surface area contributed by atoms with Gasteiger partial charge in [0.05, 0.1) is 26.3 Å². The average molecular weight is 559 g/mol. The number of carbonyl (C=O) groups is 1. The monoisotopic (exact) mass is 558 g/mol. The van der Waals surface area contributed by atoms with Crippen molar-refractivity contribution in [1.29, 1.82) is 0 Å². The highest BCUT2D eigenvalue weighted by atomic mass is 19.4. The van der Waals surface area contributed by atoms with Crippen LogP contribution in [0.1, 0.15) is 65.1 Å². The molecular weight excluding hydrogens is 521 g/mol. The van der Waals surface area contributed by atoms with Crippen LogP contribution in [0.5, 0.6) is 11.5 Å². The molecule has 1 aromatic heterocycles. The number of benzene rings is 2. The van der Waals surface area contributed by atoms with Crippen molar-refractivity contribution in [3.8, 4) is 11.5 Å². The zero-order valence-electron chi connectivity index (χ0n) is 23.3. The van der Waals surface area contributed by atoms with E-state index in [1.165, 1.54) is 6.42 Å². The fourth-order valence-corrected chi connectivity index (χ4v) is 5.19. The Morgan fingerprint density at radius 1 is 0.900 bits per heavy atom. The van der Waals surface area contributed by atoms with Crippen molar-refractivity contribution in [2.75, 3.05) is 27.8 Å². The highest BCUT2D eigenvalue weighted by Crippen LogP contribution is 2.31. The summed E-state index contributed by atoms with van der Waals surface area (Å²) in [4.78, 5) is 17.0. The Morgan fingerprint density at radius 2 is 1.57 bits per heavy atom. The highest BCUT2D eigenvalue weighted by molar-refractivity contribution is 5.91. The third-order valence-electron chi connectivity index (χ3n) is 7.52. The number of rotatable bonds is 11. The Bertz CT molecular complexity index is 1250. The van der Waals surface area contributed by atoms with E-state index in [4.69, 9.17) is 13.9 Å². The Balaban J connectivity index is 1.40. The molecule has 1 amide bonds. The lowest BCUT2D eigenvalue weighted by Crippen LogP contribution is -2.35. The molecule has 0 radical (unpaired) electrons. The van der Waals surface area contributed by atoms with Crippen LogP contribution < -0.4 is 9.47 Å². The first-order chi connectivity index (χ1) is 19.2. The molecule has 4 rings (SSSR count). The topological polar surface area (TPSA) is 55.2 Å². The number of halogens is 3. The summed E-state index contributed by atoms with van der Waals surface area (Å²) in [5.41, 5.74) is 1.19. The van der Waals surface area contributed by atoms with Crippen LogP contribution in [0, 0.1) is 0 Å². The second-order valence-electron chi connectivity index (χ2n) is 10.3. The largest absolute Gasteiger partial charge is 0.493 e. The number of ether oxygens (including phenoxy) is 2. The summed E-state index contributed by atoms with van der Waals surface area (Å²) in [6.45, 7) is 1.48. The van der Waals surface area contributed by atoms with E-state index >= 15 is 0 Å². The predicted octanol–water partition coefficient (Wildman–Crippen LogP) is 6.97. The fraction of sp³-hybridized carbons (Fsp3) is 0.452. The summed E-state index contributed by atoms with van der Waals surface area (Å²) < 4.78 is 55.7. The molecule has 1 fully saturated rings. The summed E-state index contributed by atoms with van der Waals surface area (Å²) in [6, 6.07) is 14.9. The van der Waals surface area contributed by atoms with E-state index in [9.17, 15) is 18.0 Å². The van der Waals surface area contributed by atoms with Crippen molar-refractivity contribution in [3.05, 3.63) is 82.8 Å². The van der Waals surface area contributed by atoms with Gasteiger partial charge in [0.15, 0.2) is 17.3 Å². The van der Waals surface area contributed by atoms with Crippen molar-refractivity contribution in [1.82, 2.24) is 9.80 Å². The maximum atomic E-state index is 13.1. The van der Waals surface area contributed by atoms with Crippen LogP contribution in [0.2, 0.25) is 0 Å². The SMILES string of the molecule is COc1ccc(CCN(C)C(=O)c2ccc(CN(Cc3ccc(C(F)(F)F)cc3)C3CCCCC3)o2)cc1OC. The Morgan fingerprint density at radius 3 is 2.23 bits per heavy atom. The normalized spacial score (nSPS) is 14.4. The molecule has 1 aliphatic rings. The summed E-state index contributed by atoms with van der Waals surface area (Å²) in [5.74, 6) is 2.01. The molecule has 1 aliphatic carbocycles. The quantitative estimate of drug-likeness (QED) is 0.255. The highest BCUT2D eigenvalue weighted by Gasteiger charge is 2.30. The molecule has 0 spiro atoms. The van der Waals surface area contributed by atoms with Gasteiger partial charge in [0.2, 0.25) is 0 Å². The smallest absolute Gasteiger partial charge is 0.416 e. The lowest BCUT2D eigenvalue weighted by Gasteiger charge is -2.34. The first-order valence-corrected chi connectivity index (χ1v) is 13.6. The summed E-state index contributed by atoms with van der Waals surface area (Å²) in [6.07, 6.45) is 1.80. The number of alkyl halides is 3. The number of hydrogen-bond donors (Lipinski definition) is 0. The maximum absolute atomic E-state index is 13.1. The molecule has 2 aromatic carbocycles. The van der Waals surface area contributed by atoms with E-state index in [1.807, 2.05) is 24.3 Å². The molecule has 6 nitrogen and oxygen atoms in total. The molecular formula is C31H37F3N2O4. The summed E-state index contributed by atoms with van der Waals surface area (Å²) in [5, 5.41) is 0. The zero-order chi connectivity index (χ0) is 28.7. The van der Waals surface area contributed by atoms with Gasteiger partial charge >= 0.3 is 6.18 Å². The van der Waals surface area contributed by atoms with Gasteiger partial charge in [0, 0.05) is 26.2 Å². The van der Waals surface area contributed by atoms with Crippen molar-refractivity contribution in [2.45, 2.75) is 63.8 Å². The van der Waals surface area contributed by atoms with E-state index < -0.39 is 11.7 Å². The number of carbonyl (C=O) groups excluding carboxylic acids is 1. The molecule has 0 saturated heterocycles.